The molecular formula is C21H24ClN3O2. The first-order valence-corrected chi connectivity index (χ1v) is 9.53. The van der Waals surface area contributed by atoms with Crippen LogP contribution in [0, 0.1) is 0 Å². The summed E-state index contributed by atoms with van der Waals surface area (Å²) in [6.45, 7) is 2.31. The number of amides is 1. The summed E-state index contributed by atoms with van der Waals surface area (Å²) in [6.07, 6.45) is 4.28. The highest BCUT2D eigenvalue weighted by molar-refractivity contribution is 6.30. The number of aliphatic imine (C=N–C) groups is 1. The highest BCUT2D eigenvalue weighted by Crippen LogP contribution is 2.38. The Labute approximate surface area is 164 Å². The number of ether oxygens (including phenoxy) is 1. The summed E-state index contributed by atoms with van der Waals surface area (Å²) in [5, 5.41) is 3.50. The number of alkyl carbamates (subject to hydrolysis) is 1. The number of nitrogen functional groups attached to an aromatic ring is 1. The van der Waals surface area contributed by atoms with E-state index < -0.39 is 6.09 Å². The number of rotatable bonds is 7. The van der Waals surface area contributed by atoms with Gasteiger partial charge in [0.2, 0.25) is 0 Å². The third-order valence-electron chi connectivity index (χ3n) is 4.73. The van der Waals surface area contributed by atoms with Crippen LogP contribution in [0.1, 0.15) is 49.3 Å². The second kappa shape index (κ2) is 8.91. The van der Waals surface area contributed by atoms with Gasteiger partial charge in [0.25, 0.3) is 0 Å². The standard InChI is InChI=1S/C21H24ClN3O2/c1-14(15-8-10-17(22)11-9-15)25-21(26)27-12-3-2-5-16-13-24-20-18(16)6-4-7-19(20)23/h4,6-11,13-14,16H,2-3,5,12,23H2,1H3,(H,25,26). The van der Waals surface area contributed by atoms with Crippen LogP contribution in [0.15, 0.2) is 47.5 Å². The molecule has 2 unspecified atom stereocenters. The average molecular weight is 386 g/mol. The lowest BCUT2D eigenvalue weighted by atomic mass is 9.95. The minimum Gasteiger partial charge on any atom is -0.450 e. The molecule has 0 spiro atoms. The van der Waals surface area contributed by atoms with Gasteiger partial charge in [-0.05, 0) is 55.5 Å². The predicted octanol–water partition coefficient (Wildman–Crippen LogP) is 5.38. The van der Waals surface area contributed by atoms with Gasteiger partial charge in [0.05, 0.1) is 24.0 Å². The predicted molar refractivity (Wildman–Crippen MR) is 110 cm³/mol. The topological polar surface area (TPSA) is 76.7 Å². The monoisotopic (exact) mass is 385 g/mol. The number of unbranched alkanes of at least 4 members (excludes halogenated alkanes) is 1. The molecule has 142 valence electrons. The van der Waals surface area contributed by atoms with E-state index in [2.05, 4.69) is 16.4 Å². The van der Waals surface area contributed by atoms with Gasteiger partial charge >= 0.3 is 6.09 Å². The van der Waals surface area contributed by atoms with Crippen molar-refractivity contribution < 1.29 is 9.53 Å². The Bertz CT molecular complexity index is 821. The van der Waals surface area contributed by atoms with E-state index in [4.69, 9.17) is 22.1 Å². The van der Waals surface area contributed by atoms with E-state index in [0.29, 0.717) is 17.5 Å². The first kappa shape index (κ1) is 19.2. The molecular weight excluding hydrogens is 362 g/mol. The number of carbonyl (C=O) groups excluding carboxylic acids is 1. The molecule has 2 aromatic carbocycles. The number of benzene rings is 2. The van der Waals surface area contributed by atoms with Gasteiger partial charge in [-0.2, -0.15) is 0 Å². The maximum atomic E-state index is 11.9. The van der Waals surface area contributed by atoms with Crippen molar-refractivity contribution in [2.75, 3.05) is 12.3 Å². The van der Waals surface area contributed by atoms with Crippen molar-refractivity contribution in [3.63, 3.8) is 0 Å². The molecule has 2 aromatic rings. The van der Waals surface area contributed by atoms with Gasteiger partial charge in [-0.1, -0.05) is 35.9 Å². The van der Waals surface area contributed by atoms with Crippen molar-refractivity contribution in [1.82, 2.24) is 5.32 Å². The molecule has 0 radical (unpaired) electrons. The summed E-state index contributed by atoms with van der Waals surface area (Å²) < 4.78 is 5.28. The smallest absolute Gasteiger partial charge is 0.407 e. The number of para-hydroxylation sites is 1. The van der Waals surface area contributed by atoms with Crippen LogP contribution >= 0.6 is 11.6 Å². The van der Waals surface area contributed by atoms with Gasteiger partial charge in [0, 0.05) is 17.2 Å². The van der Waals surface area contributed by atoms with Gasteiger partial charge in [-0.15, -0.1) is 0 Å². The molecule has 6 heteroatoms. The fourth-order valence-corrected chi connectivity index (χ4v) is 3.31. The summed E-state index contributed by atoms with van der Waals surface area (Å²) in [5.41, 5.74) is 9.74. The minimum absolute atomic E-state index is 0.133. The fourth-order valence-electron chi connectivity index (χ4n) is 3.19. The molecule has 27 heavy (non-hydrogen) atoms. The molecule has 0 aromatic heterocycles. The maximum Gasteiger partial charge on any atom is 0.407 e. The zero-order valence-corrected chi connectivity index (χ0v) is 16.1. The Balaban J connectivity index is 1.35. The Hall–Kier alpha value is -2.53. The number of hydrogen-bond acceptors (Lipinski definition) is 4. The van der Waals surface area contributed by atoms with Crippen LogP contribution in [0.25, 0.3) is 0 Å². The number of nitrogens with one attached hydrogen (secondary N) is 1. The first-order valence-electron chi connectivity index (χ1n) is 9.16. The van der Waals surface area contributed by atoms with Crippen LogP contribution < -0.4 is 11.1 Å². The van der Waals surface area contributed by atoms with Crippen LogP contribution in [0.2, 0.25) is 5.02 Å². The van der Waals surface area contributed by atoms with Crippen LogP contribution in [0.3, 0.4) is 0 Å². The van der Waals surface area contributed by atoms with Crippen molar-refractivity contribution in [3.8, 4) is 0 Å². The third-order valence-corrected chi connectivity index (χ3v) is 4.98. The highest BCUT2D eigenvalue weighted by atomic mass is 35.5. The van der Waals surface area contributed by atoms with Gasteiger partial charge in [-0.25, -0.2) is 4.79 Å². The van der Waals surface area contributed by atoms with E-state index in [-0.39, 0.29) is 6.04 Å². The molecule has 3 rings (SSSR count). The van der Waals surface area contributed by atoms with E-state index >= 15 is 0 Å². The lowest BCUT2D eigenvalue weighted by Crippen LogP contribution is -2.27. The lowest BCUT2D eigenvalue weighted by molar-refractivity contribution is 0.140. The molecule has 1 amide bonds. The van der Waals surface area contributed by atoms with Crippen LogP contribution in [0.5, 0.6) is 0 Å². The van der Waals surface area contributed by atoms with Crippen LogP contribution in [0.4, 0.5) is 16.2 Å². The number of hydrogen-bond donors (Lipinski definition) is 2. The Morgan fingerprint density at radius 2 is 2.04 bits per heavy atom. The zero-order valence-electron chi connectivity index (χ0n) is 15.3. The number of halogens is 1. The number of nitrogens with two attached hydrogens (primary N) is 1. The second-order valence-electron chi connectivity index (χ2n) is 6.72. The highest BCUT2D eigenvalue weighted by Gasteiger charge is 2.19. The SMILES string of the molecule is CC(NC(=O)OCCCCC1C=Nc2c(N)cccc21)c1ccc(Cl)cc1. The molecule has 1 heterocycles. The van der Waals surface area contributed by atoms with Crippen molar-refractivity contribution in [3.05, 3.63) is 58.6 Å². The van der Waals surface area contributed by atoms with E-state index in [1.807, 2.05) is 37.4 Å². The Morgan fingerprint density at radius 3 is 2.81 bits per heavy atom. The zero-order chi connectivity index (χ0) is 19.2. The summed E-state index contributed by atoms with van der Waals surface area (Å²) in [5.74, 6) is 0.294. The summed E-state index contributed by atoms with van der Waals surface area (Å²) in [7, 11) is 0. The second-order valence-corrected chi connectivity index (χ2v) is 7.16. The average Bonchev–Trinajstić information content (AvgIpc) is 3.06. The van der Waals surface area contributed by atoms with E-state index in [1.54, 1.807) is 12.1 Å². The molecule has 0 fully saturated rings. The molecule has 0 saturated carbocycles. The molecule has 3 N–H and O–H groups in total. The number of fused-ring (bicyclic) bond motifs is 1. The lowest BCUT2D eigenvalue weighted by Gasteiger charge is -2.15. The van der Waals surface area contributed by atoms with E-state index in [0.717, 1.165) is 36.2 Å². The van der Waals surface area contributed by atoms with Gasteiger partial charge in [0.15, 0.2) is 0 Å². The number of nitrogens with zero attached hydrogens (tertiary/aromatic N) is 1. The molecule has 0 aliphatic carbocycles. The number of anilines is 1. The van der Waals surface area contributed by atoms with Crippen LogP contribution in [-0.2, 0) is 4.74 Å². The molecule has 0 saturated heterocycles. The number of carbonyl (C=O) groups is 1. The maximum absolute atomic E-state index is 11.9. The summed E-state index contributed by atoms with van der Waals surface area (Å²) in [4.78, 5) is 16.3. The van der Waals surface area contributed by atoms with E-state index in [1.165, 1.54) is 5.56 Å². The van der Waals surface area contributed by atoms with E-state index in [9.17, 15) is 4.79 Å². The quantitative estimate of drug-likeness (QED) is 0.496. The summed E-state index contributed by atoms with van der Waals surface area (Å²) in [6, 6.07) is 13.2. The van der Waals surface area contributed by atoms with Gasteiger partial charge in [-0.3, -0.25) is 4.99 Å². The first-order chi connectivity index (χ1) is 13.0. The molecule has 0 bridgehead atoms. The van der Waals surface area contributed by atoms with Gasteiger partial charge in [0.1, 0.15) is 0 Å². The Kier molecular flexibility index (Phi) is 6.35. The Morgan fingerprint density at radius 1 is 1.26 bits per heavy atom. The van der Waals surface area contributed by atoms with Crippen molar-refractivity contribution in [2.24, 2.45) is 4.99 Å². The largest absolute Gasteiger partial charge is 0.450 e. The molecule has 1 aliphatic heterocycles. The minimum atomic E-state index is -0.405. The third kappa shape index (κ3) is 5.01. The van der Waals surface area contributed by atoms with Crippen LogP contribution in [-0.4, -0.2) is 18.9 Å². The van der Waals surface area contributed by atoms with Gasteiger partial charge < -0.3 is 15.8 Å². The normalized spacial score (nSPS) is 16.0. The fraction of sp³-hybridized carbons (Fsp3) is 0.333. The molecule has 1 aliphatic rings. The molecule has 5 nitrogen and oxygen atoms in total. The van der Waals surface area contributed by atoms with Crippen molar-refractivity contribution in [1.29, 1.82) is 0 Å². The van der Waals surface area contributed by atoms with Crippen molar-refractivity contribution >= 4 is 35.3 Å². The summed E-state index contributed by atoms with van der Waals surface area (Å²) >= 11 is 5.88. The van der Waals surface area contributed by atoms with Crippen molar-refractivity contribution in [2.45, 2.75) is 38.1 Å². The molecule has 2 atom stereocenters.